The summed E-state index contributed by atoms with van der Waals surface area (Å²) in [6.45, 7) is 0.891. The van der Waals surface area contributed by atoms with Crippen molar-refractivity contribution in [2.24, 2.45) is 11.8 Å². The summed E-state index contributed by atoms with van der Waals surface area (Å²) in [5.74, 6) is 0.757. The first kappa shape index (κ1) is 18.8. The lowest BCUT2D eigenvalue weighted by molar-refractivity contribution is -0.133. The van der Waals surface area contributed by atoms with Gasteiger partial charge in [-0.05, 0) is 59.7 Å². The summed E-state index contributed by atoms with van der Waals surface area (Å²) in [5.41, 5.74) is 4.48. The number of hydrogen-bond donors (Lipinski definition) is 2. The molecular formula is C23H22FN3O3. The molecule has 1 fully saturated rings. The number of hydrogen-bond acceptors (Lipinski definition) is 4. The Morgan fingerprint density at radius 1 is 1.30 bits per heavy atom. The summed E-state index contributed by atoms with van der Waals surface area (Å²) in [6, 6.07) is 8.42. The van der Waals surface area contributed by atoms with Gasteiger partial charge < -0.3 is 19.7 Å². The molecule has 2 N–H and O–H groups in total. The third-order valence-electron chi connectivity index (χ3n) is 6.21. The van der Waals surface area contributed by atoms with Crippen LogP contribution in [-0.4, -0.2) is 52.7 Å². The number of ether oxygens (including phenoxy) is 1. The number of methoxy groups -OCH3 is 1. The average molecular weight is 407 g/mol. The maximum atomic E-state index is 13.9. The summed E-state index contributed by atoms with van der Waals surface area (Å²) in [4.78, 5) is 21.4. The molecule has 6 nitrogen and oxygen atoms in total. The Bertz CT molecular complexity index is 1170. The van der Waals surface area contributed by atoms with Gasteiger partial charge in [0, 0.05) is 35.9 Å². The number of nitrogens with zero attached hydrogens (tertiary/aromatic N) is 2. The first-order valence-electron chi connectivity index (χ1n) is 9.98. The molecule has 1 saturated heterocycles. The SMILES string of the molecule is COc1ccc(F)cc1-c1ccnc2[nH]c(C3=CC4CN(C(=O)CO)CC4C3)cc12. The molecule has 1 aliphatic heterocycles. The van der Waals surface area contributed by atoms with E-state index in [9.17, 15) is 9.18 Å². The molecule has 2 atom stereocenters. The third-order valence-corrected chi connectivity index (χ3v) is 6.21. The van der Waals surface area contributed by atoms with Crippen LogP contribution >= 0.6 is 0 Å². The molecule has 7 heteroatoms. The molecule has 3 aromatic rings. The van der Waals surface area contributed by atoms with Gasteiger partial charge in [-0.25, -0.2) is 9.37 Å². The van der Waals surface area contributed by atoms with Crippen LogP contribution in [-0.2, 0) is 4.79 Å². The summed E-state index contributed by atoms with van der Waals surface area (Å²) in [6.07, 6.45) is 4.80. The molecule has 30 heavy (non-hydrogen) atoms. The van der Waals surface area contributed by atoms with E-state index in [-0.39, 0.29) is 11.7 Å². The van der Waals surface area contributed by atoms with Crippen molar-refractivity contribution in [2.75, 3.05) is 26.8 Å². The van der Waals surface area contributed by atoms with Gasteiger partial charge in [0.2, 0.25) is 5.91 Å². The highest BCUT2D eigenvalue weighted by Crippen LogP contribution is 2.42. The number of likely N-dealkylation sites (tertiary alicyclic amines) is 1. The maximum absolute atomic E-state index is 13.9. The summed E-state index contributed by atoms with van der Waals surface area (Å²) < 4.78 is 19.4. The summed E-state index contributed by atoms with van der Waals surface area (Å²) in [7, 11) is 1.57. The van der Waals surface area contributed by atoms with Crippen LogP contribution in [0.1, 0.15) is 12.1 Å². The summed E-state index contributed by atoms with van der Waals surface area (Å²) in [5, 5.41) is 10.0. The number of rotatable bonds is 4. The minimum Gasteiger partial charge on any atom is -0.496 e. The second kappa shape index (κ2) is 7.25. The number of carbonyl (C=O) groups excluding carboxylic acids is 1. The van der Waals surface area contributed by atoms with Gasteiger partial charge in [0.15, 0.2) is 0 Å². The van der Waals surface area contributed by atoms with Crippen LogP contribution in [0, 0.1) is 17.7 Å². The van der Waals surface area contributed by atoms with Crippen LogP contribution in [0.3, 0.4) is 0 Å². The quantitative estimate of drug-likeness (QED) is 0.696. The van der Waals surface area contributed by atoms with Crippen LogP contribution in [0.15, 0.2) is 42.6 Å². The van der Waals surface area contributed by atoms with Gasteiger partial charge in [-0.2, -0.15) is 0 Å². The van der Waals surface area contributed by atoms with Gasteiger partial charge in [-0.15, -0.1) is 0 Å². The topological polar surface area (TPSA) is 78.5 Å². The number of aliphatic hydroxyl groups is 1. The third kappa shape index (κ3) is 3.06. The van der Waals surface area contributed by atoms with Gasteiger partial charge in [-0.1, -0.05) is 6.08 Å². The van der Waals surface area contributed by atoms with E-state index in [2.05, 4.69) is 22.1 Å². The number of halogens is 1. The Labute approximate surface area is 173 Å². The first-order valence-corrected chi connectivity index (χ1v) is 9.98. The number of aromatic nitrogens is 2. The lowest BCUT2D eigenvalue weighted by Gasteiger charge is -2.15. The molecule has 2 aliphatic rings. The number of carbonyl (C=O) groups is 1. The molecule has 0 radical (unpaired) electrons. The van der Waals surface area contributed by atoms with Gasteiger partial charge in [0.25, 0.3) is 0 Å². The highest BCUT2D eigenvalue weighted by molar-refractivity contribution is 5.96. The molecule has 2 aromatic heterocycles. The fraction of sp³-hybridized carbons (Fsp3) is 0.304. The van der Waals surface area contributed by atoms with Crippen molar-refractivity contribution in [3.05, 3.63) is 54.1 Å². The van der Waals surface area contributed by atoms with Crippen molar-refractivity contribution < 1.29 is 19.0 Å². The fourth-order valence-corrected chi connectivity index (χ4v) is 4.74. The van der Waals surface area contributed by atoms with E-state index in [4.69, 9.17) is 9.84 Å². The number of amides is 1. The molecule has 1 aromatic carbocycles. The van der Waals surface area contributed by atoms with Crippen molar-refractivity contribution in [2.45, 2.75) is 6.42 Å². The molecule has 2 unspecified atom stereocenters. The van der Waals surface area contributed by atoms with E-state index in [1.807, 2.05) is 6.07 Å². The maximum Gasteiger partial charge on any atom is 0.248 e. The zero-order chi connectivity index (χ0) is 20.8. The van der Waals surface area contributed by atoms with Crippen molar-refractivity contribution in [1.29, 1.82) is 0 Å². The van der Waals surface area contributed by atoms with Crippen LogP contribution in [0.4, 0.5) is 4.39 Å². The largest absolute Gasteiger partial charge is 0.496 e. The predicted octanol–water partition coefficient (Wildman–Crippen LogP) is 3.23. The van der Waals surface area contributed by atoms with Crippen molar-refractivity contribution in [3.63, 3.8) is 0 Å². The minimum absolute atomic E-state index is 0.206. The van der Waals surface area contributed by atoms with E-state index in [1.54, 1.807) is 24.3 Å². The highest BCUT2D eigenvalue weighted by atomic mass is 19.1. The highest BCUT2D eigenvalue weighted by Gasteiger charge is 2.38. The van der Waals surface area contributed by atoms with Crippen molar-refractivity contribution >= 4 is 22.5 Å². The summed E-state index contributed by atoms with van der Waals surface area (Å²) >= 11 is 0. The zero-order valence-electron chi connectivity index (χ0n) is 16.6. The molecule has 1 amide bonds. The Hall–Kier alpha value is -3.19. The molecule has 154 valence electrons. The van der Waals surface area contributed by atoms with Crippen LogP contribution in [0.2, 0.25) is 0 Å². The Balaban J connectivity index is 1.50. The number of aromatic amines is 1. The average Bonchev–Trinajstić information content (AvgIpc) is 3.45. The fourth-order valence-electron chi connectivity index (χ4n) is 4.74. The number of benzene rings is 1. The number of aliphatic hydroxyl groups excluding tert-OH is 1. The molecule has 5 rings (SSSR count). The first-order chi connectivity index (χ1) is 14.6. The van der Waals surface area contributed by atoms with E-state index in [1.165, 1.54) is 17.7 Å². The second-order valence-electron chi connectivity index (χ2n) is 7.93. The van der Waals surface area contributed by atoms with Crippen LogP contribution in [0.25, 0.3) is 27.7 Å². The Morgan fingerprint density at radius 2 is 2.17 bits per heavy atom. The van der Waals surface area contributed by atoms with E-state index >= 15 is 0 Å². The molecule has 0 saturated carbocycles. The van der Waals surface area contributed by atoms with Gasteiger partial charge in [-0.3, -0.25) is 4.79 Å². The smallest absolute Gasteiger partial charge is 0.248 e. The van der Waals surface area contributed by atoms with E-state index < -0.39 is 6.61 Å². The van der Waals surface area contributed by atoms with Crippen molar-refractivity contribution in [3.8, 4) is 16.9 Å². The molecule has 0 bridgehead atoms. The van der Waals surface area contributed by atoms with Crippen LogP contribution in [0.5, 0.6) is 5.75 Å². The number of allylic oxidation sites excluding steroid dienone is 1. The lowest BCUT2D eigenvalue weighted by Crippen LogP contribution is -2.31. The number of nitrogens with one attached hydrogen (secondary N) is 1. The molecule has 3 heterocycles. The zero-order valence-corrected chi connectivity index (χ0v) is 16.6. The number of pyridine rings is 1. The molecular weight excluding hydrogens is 385 g/mol. The lowest BCUT2D eigenvalue weighted by atomic mass is 9.99. The standard InChI is InChI=1S/C23H22FN3O3/c1-30-21-3-2-16(24)8-18(21)17-4-5-25-23-19(17)9-20(26-23)13-6-14-10-27(22(29)12-28)11-15(14)7-13/h2-6,8-9,14-15,28H,7,10-12H2,1H3,(H,25,26). The van der Waals surface area contributed by atoms with E-state index in [0.29, 0.717) is 36.2 Å². The molecule has 0 spiro atoms. The van der Waals surface area contributed by atoms with Gasteiger partial charge >= 0.3 is 0 Å². The van der Waals surface area contributed by atoms with Crippen LogP contribution < -0.4 is 4.74 Å². The number of H-pyrrole nitrogens is 1. The Kier molecular flexibility index (Phi) is 4.55. The predicted molar refractivity (Wildman–Crippen MR) is 111 cm³/mol. The van der Waals surface area contributed by atoms with E-state index in [0.717, 1.165) is 28.7 Å². The van der Waals surface area contributed by atoms with Gasteiger partial charge in [0.1, 0.15) is 23.8 Å². The monoisotopic (exact) mass is 407 g/mol. The second-order valence-corrected chi connectivity index (χ2v) is 7.93. The minimum atomic E-state index is -0.435. The Morgan fingerprint density at radius 3 is 2.93 bits per heavy atom. The normalized spacial score (nSPS) is 20.5. The van der Waals surface area contributed by atoms with Gasteiger partial charge in [0.05, 0.1) is 7.11 Å². The van der Waals surface area contributed by atoms with Crippen molar-refractivity contribution in [1.82, 2.24) is 14.9 Å². The molecule has 1 aliphatic carbocycles. The number of fused-ring (bicyclic) bond motifs is 2.